The van der Waals surface area contributed by atoms with E-state index in [0.29, 0.717) is 0 Å². The average Bonchev–Trinajstić information content (AvgIpc) is 2.74. The highest BCUT2D eigenvalue weighted by Crippen LogP contribution is 2.28. The molecule has 0 amide bonds. The van der Waals surface area contributed by atoms with E-state index in [1.165, 1.54) is 43.4 Å². The van der Waals surface area contributed by atoms with Crippen LogP contribution in [0.3, 0.4) is 0 Å². The van der Waals surface area contributed by atoms with Crippen LogP contribution in [-0.2, 0) is 6.42 Å². The van der Waals surface area contributed by atoms with E-state index in [1.54, 1.807) is 0 Å². The Morgan fingerprint density at radius 3 is 2.88 bits per heavy atom. The predicted molar refractivity (Wildman–Crippen MR) is 67.2 cm³/mol. The van der Waals surface area contributed by atoms with E-state index in [-0.39, 0.29) is 6.04 Å². The van der Waals surface area contributed by atoms with Gasteiger partial charge in [-0.3, -0.25) is 4.98 Å². The fraction of sp³-hybridized carbons (Fsp3) is 0.643. The topological polar surface area (TPSA) is 38.9 Å². The largest absolute Gasteiger partial charge is 0.327 e. The van der Waals surface area contributed by atoms with Gasteiger partial charge in [0.15, 0.2) is 0 Å². The lowest BCUT2D eigenvalue weighted by Gasteiger charge is -2.16. The second kappa shape index (κ2) is 5.44. The van der Waals surface area contributed by atoms with Crippen molar-refractivity contribution in [1.29, 1.82) is 0 Å². The number of nitrogens with two attached hydrogens (primary N) is 1. The van der Waals surface area contributed by atoms with Gasteiger partial charge >= 0.3 is 0 Å². The van der Waals surface area contributed by atoms with Gasteiger partial charge in [0, 0.05) is 24.4 Å². The molecule has 2 rings (SSSR count). The molecule has 0 radical (unpaired) electrons. The summed E-state index contributed by atoms with van der Waals surface area (Å²) in [6.45, 7) is 2.12. The van der Waals surface area contributed by atoms with E-state index in [4.69, 9.17) is 5.73 Å². The molecule has 1 aromatic rings. The van der Waals surface area contributed by atoms with E-state index in [9.17, 15) is 0 Å². The zero-order valence-corrected chi connectivity index (χ0v) is 10.2. The summed E-state index contributed by atoms with van der Waals surface area (Å²) in [6, 6.07) is 4.39. The Labute approximate surface area is 98.3 Å². The number of nitrogens with zero attached hydrogens (tertiary/aromatic N) is 1. The van der Waals surface area contributed by atoms with Crippen LogP contribution in [0.2, 0.25) is 0 Å². The van der Waals surface area contributed by atoms with Crippen LogP contribution in [0, 0.1) is 12.8 Å². The Morgan fingerprint density at radius 2 is 2.19 bits per heavy atom. The molecule has 0 bridgehead atoms. The van der Waals surface area contributed by atoms with Crippen molar-refractivity contribution in [3.8, 4) is 0 Å². The second-order valence-corrected chi connectivity index (χ2v) is 5.12. The maximum absolute atomic E-state index is 6.21. The lowest BCUT2D eigenvalue weighted by Crippen LogP contribution is -2.26. The van der Waals surface area contributed by atoms with Gasteiger partial charge in [0.2, 0.25) is 0 Å². The standard InChI is InChI=1S/C14H22N2/c1-11-5-4-8-16-14(11)10-13(15)9-12-6-2-3-7-12/h4-5,8,12-13H,2-3,6-7,9-10,15H2,1H3. The summed E-state index contributed by atoms with van der Waals surface area (Å²) in [4.78, 5) is 4.41. The SMILES string of the molecule is Cc1cccnc1CC(N)CC1CCCC1. The molecule has 1 fully saturated rings. The molecule has 1 heterocycles. The van der Waals surface area contributed by atoms with Gasteiger partial charge in [-0.25, -0.2) is 0 Å². The summed E-state index contributed by atoms with van der Waals surface area (Å²) >= 11 is 0. The summed E-state index contributed by atoms with van der Waals surface area (Å²) in [6.07, 6.45) is 9.55. The zero-order valence-electron chi connectivity index (χ0n) is 10.2. The fourth-order valence-electron chi connectivity index (χ4n) is 2.74. The summed E-state index contributed by atoms with van der Waals surface area (Å²) in [7, 11) is 0. The minimum atomic E-state index is 0.289. The Hall–Kier alpha value is -0.890. The first-order chi connectivity index (χ1) is 7.75. The zero-order chi connectivity index (χ0) is 11.4. The van der Waals surface area contributed by atoms with Gasteiger partial charge in [0.1, 0.15) is 0 Å². The highest BCUT2D eigenvalue weighted by atomic mass is 14.7. The number of hydrogen-bond acceptors (Lipinski definition) is 2. The van der Waals surface area contributed by atoms with Crippen LogP contribution >= 0.6 is 0 Å². The molecular weight excluding hydrogens is 196 g/mol. The number of hydrogen-bond donors (Lipinski definition) is 1. The predicted octanol–water partition coefficient (Wildman–Crippen LogP) is 2.84. The Kier molecular flexibility index (Phi) is 3.94. The Morgan fingerprint density at radius 1 is 1.44 bits per heavy atom. The van der Waals surface area contributed by atoms with Gasteiger partial charge in [0.25, 0.3) is 0 Å². The van der Waals surface area contributed by atoms with Gasteiger partial charge in [0.05, 0.1) is 0 Å². The highest BCUT2D eigenvalue weighted by molar-refractivity contribution is 5.18. The van der Waals surface area contributed by atoms with Gasteiger partial charge in [-0.05, 0) is 30.9 Å². The third-order valence-corrected chi connectivity index (χ3v) is 3.68. The van der Waals surface area contributed by atoms with Crippen molar-refractivity contribution in [3.63, 3.8) is 0 Å². The Bertz CT molecular complexity index is 329. The summed E-state index contributed by atoms with van der Waals surface area (Å²) in [5.41, 5.74) is 8.66. The molecular formula is C14H22N2. The van der Waals surface area contributed by atoms with Crippen molar-refractivity contribution in [2.45, 2.75) is 51.5 Å². The molecule has 2 nitrogen and oxygen atoms in total. The van der Waals surface area contributed by atoms with E-state index in [1.807, 2.05) is 12.3 Å². The average molecular weight is 218 g/mol. The smallest absolute Gasteiger partial charge is 0.0448 e. The molecule has 0 aliphatic heterocycles. The molecule has 1 aromatic heterocycles. The van der Waals surface area contributed by atoms with Crippen molar-refractivity contribution in [1.82, 2.24) is 4.98 Å². The summed E-state index contributed by atoms with van der Waals surface area (Å²) in [5.74, 6) is 0.874. The molecule has 16 heavy (non-hydrogen) atoms. The van der Waals surface area contributed by atoms with Crippen molar-refractivity contribution < 1.29 is 0 Å². The lowest BCUT2D eigenvalue weighted by atomic mass is 9.95. The molecule has 2 N–H and O–H groups in total. The number of rotatable bonds is 4. The molecule has 0 aromatic carbocycles. The third-order valence-electron chi connectivity index (χ3n) is 3.68. The van der Waals surface area contributed by atoms with E-state index >= 15 is 0 Å². The van der Waals surface area contributed by atoms with Gasteiger partial charge < -0.3 is 5.73 Å². The van der Waals surface area contributed by atoms with Crippen LogP contribution < -0.4 is 5.73 Å². The van der Waals surface area contributed by atoms with Crippen molar-refractivity contribution in [2.75, 3.05) is 0 Å². The number of aromatic nitrogens is 1. The number of pyridine rings is 1. The molecule has 1 aliphatic carbocycles. The second-order valence-electron chi connectivity index (χ2n) is 5.12. The van der Waals surface area contributed by atoms with Crippen molar-refractivity contribution in [2.24, 2.45) is 11.7 Å². The van der Waals surface area contributed by atoms with Crippen LogP contribution in [0.4, 0.5) is 0 Å². The molecule has 1 unspecified atom stereocenters. The normalized spacial score (nSPS) is 18.9. The molecule has 1 aliphatic rings. The van der Waals surface area contributed by atoms with Gasteiger partial charge in [-0.2, -0.15) is 0 Å². The quantitative estimate of drug-likeness (QED) is 0.844. The van der Waals surface area contributed by atoms with Gasteiger partial charge in [-0.15, -0.1) is 0 Å². The maximum atomic E-state index is 6.21. The molecule has 0 saturated heterocycles. The van der Waals surface area contributed by atoms with Gasteiger partial charge in [-0.1, -0.05) is 31.7 Å². The molecule has 1 saturated carbocycles. The van der Waals surface area contributed by atoms with E-state index in [0.717, 1.165) is 12.3 Å². The molecule has 88 valence electrons. The lowest BCUT2D eigenvalue weighted by molar-refractivity contribution is 0.438. The first kappa shape index (κ1) is 11.6. The van der Waals surface area contributed by atoms with Crippen LogP contribution in [0.1, 0.15) is 43.4 Å². The van der Waals surface area contributed by atoms with E-state index in [2.05, 4.69) is 18.0 Å². The maximum Gasteiger partial charge on any atom is 0.0448 e. The third kappa shape index (κ3) is 3.05. The summed E-state index contributed by atoms with van der Waals surface area (Å²) < 4.78 is 0. The monoisotopic (exact) mass is 218 g/mol. The molecule has 2 heteroatoms. The van der Waals surface area contributed by atoms with Crippen molar-refractivity contribution >= 4 is 0 Å². The Balaban J connectivity index is 1.86. The van der Waals surface area contributed by atoms with Crippen LogP contribution in [-0.4, -0.2) is 11.0 Å². The van der Waals surface area contributed by atoms with Crippen LogP contribution in [0.25, 0.3) is 0 Å². The fourth-order valence-corrected chi connectivity index (χ4v) is 2.74. The summed E-state index contributed by atoms with van der Waals surface area (Å²) in [5, 5.41) is 0. The first-order valence-corrected chi connectivity index (χ1v) is 6.42. The minimum Gasteiger partial charge on any atom is -0.327 e. The first-order valence-electron chi connectivity index (χ1n) is 6.42. The molecule has 0 spiro atoms. The van der Waals surface area contributed by atoms with Crippen LogP contribution in [0.5, 0.6) is 0 Å². The number of aryl methyl sites for hydroxylation is 1. The minimum absolute atomic E-state index is 0.289. The highest BCUT2D eigenvalue weighted by Gasteiger charge is 2.18. The molecule has 1 atom stereocenters. The van der Waals surface area contributed by atoms with E-state index < -0.39 is 0 Å². The van der Waals surface area contributed by atoms with Crippen LogP contribution in [0.15, 0.2) is 18.3 Å². The van der Waals surface area contributed by atoms with Crippen molar-refractivity contribution in [3.05, 3.63) is 29.6 Å².